The van der Waals surface area contributed by atoms with Gasteiger partial charge in [-0.25, -0.2) is 9.97 Å². The number of aromatic nitrogens is 2. The predicted molar refractivity (Wildman–Crippen MR) is 84.6 cm³/mol. The van der Waals surface area contributed by atoms with E-state index in [1.54, 1.807) is 12.1 Å². The molecule has 1 fully saturated rings. The van der Waals surface area contributed by atoms with Gasteiger partial charge in [0.15, 0.2) is 0 Å². The number of nitrogens with zero attached hydrogens (tertiary/aromatic N) is 2. The minimum atomic E-state index is -0.958. The molecule has 4 nitrogen and oxygen atoms in total. The lowest BCUT2D eigenvalue weighted by atomic mass is 9.68. The highest BCUT2D eigenvalue weighted by Crippen LogP contribution is 2.67. The lowest BCUT2D eigenvalue weighted by Crippen LogP contribution is -2.43. The van der Waals surface area contributed by atoms with Gasteiger partial charge in [0.2, 0.25) is 0 Å². The molecule has 2 aromatic rings. The molecule has 1 aromatic heterocycles. The second-order valence-electron chi connectivity index (χ2n) is 6.74. The van der Waals surface area contributed by atoms with E-state index >= 15 is 0 Å². The number of hydrogen-bond donors (Lipinski definition) is 1. The molecular formula is C16H14Cl2N2O2. The molecule has 6 heteroatoms. The Morgan fingerprint density at radius 3 is 2.41 bits per heavy atom. The number of benzene rings is 1. The van der Waals surface area contributed by atoms with Crippen molar-refractivity contribution in [3.63, 3.8) is 0 Å². The quantitative estimate of drug-likeness (QED) is 0.848. The summed E-state index contributed by atoms with van der Waals surface area (Å²) in [5.41, 5.74) is 1.32. The third-order valence-electron chi connectivity index (χ3n) is 5.61. The van der Waals surface area contributed by atoms with Crippen LogP contribution in [0.3, 0.4) is 0 Å². The van der Waals surface area contributed by atoms with Crippen molar-refractivity contribution < 1.29 is 9.90 Å². The second kappa shape index (κ2) is 4.12. The summed E-state index contributed by atoms with van der Waals surface area (Å²) in [5.74, 6) is -0.697. The summed E-state index contributed by atoms with van der Waals surface area (Å²) in [4.78, 5) is 21.4. The van der Waals surface area contributed by atoms with Crippen molar-refractivity contribution in [3.05, 3.63) is 33.6 Å². The zero-order valence-corrected chi connectivity index (χ0v) is 13.7. The van der Waals surface area contributed by atoms with Crippen LogP contribution in [0.25, 0.3) is 11.0 Å². The molecule has 2 bridgehead atoms. The van der Waals surface area contributed by atoms with Crippen molar-refractivity contribution in [1.29, 1.82) is 0 Å². The number of carbonyl (C=O) groups is 1. The summed E-state index contributed by atoms with van der Waals surface area (Å²) >= 11 is 12.1. The van der Waals surface area contributed by atoms with Gasteiger partial charge < -0.3 is 5.11 Å². The molecule has 2 atom stereocenters. The van der Waals surface area contributed by atoms with E-state index in [-0.39, 0.29) is 5.92 Å². The first-order chi connectivity index (χ1) is 10.3. The minimum Gasteiger partial charge on any atom is -0.481 e. The van der Waals surface area contributed by atoms with Gasteiger partial charge in [0, 0.05) is 5.92 Å². The summed E-state index contributed by atoms with van der Waals surface area (Å²) in [6, 6.07) is 3.35. The Balaban J connectivity index is 2.08. The van der Waals surface area contributed by atoms with Gasteiger partial charge >= 0.3 is 5.97 Å². The Morgan fingerprint density at radius 2 is 1.82 bits per heavy atom. The molecule has 2 aliphatic carbocycles. The Morgan fingerprint density at radius 1 is 1.23 bits per heavy atom. The maximum atomic E-state index is 12.1. The number of halogens is 2. The lowest BCUT2D eigenvalue weighted by Gasteiger charge is -2.33. The summed E-state index contributed by atoms with van der Waals surface area (Å²) < 4.78 is 0. The number of hydrogen-bond acceptors (Lipinski definition) is 3. The standard InChI is InChI=1S/C16H14Cl2N2O2/c1-15(2)7-3-4-16(15,14(21)22)13-12(7)19-10-5-8(17)9(18)6-11(10)20-13/h5-7H,3-4H2,1-2H3,(H,21,22)/t7-,16-/m1/s1. The van der Waals surface area contributed by atoms with Crippen LogP contribution < -0.4 is 0 Å². The molecular weight excluding hydrogens is 323 g/mol. The summed E-state index contributed by atoms with van der Waals surface area (Å²) in [6.45, 7) is 4.01. The van der Waals surface area contributed by atoms with E-state index in [1.165, 1.54) is 0 Å². The molecule has 0 amide bonds. The van der Waals surface area contributed by atoms with Crippen molar-refractivity contribution in [2.75, 3.05) is 0 Å². The largest absolute Gasteiger partial charge is 0.481 e. The fraction of sp³-hybridized carbons (Fsp3) is 0.438. The first kappa shape index (κ1) is 14.2. The molecule has 114 valence electrons. The molecule has 0 aliphatic heterocycles. The van der Waals surface area contributed by atoms with E-state index in [2.05, 4.69) is 4.98 Å². The van der Waals surface area contributed by atoms with Crippen LogP contribution in [0.1, 0.15) is 44.0 Å². The predicted octanol–water partition coefficient (Wildman–Crippen LogP) is 4.18. The van der Waals surface area contributed by atoms with E-state index < -0.39 is 16.8 Å². The molecule has 0 unspecified atom stereocenters. The fourth-order valence-corrected chi connectivity index (χ4v) is 4.67. The lowest BCUT2D eigenvalue weighted by molar-refractivity contribution is -0.147. The number of carboxylic acid groups (broad SMARTS) is 1. The van der Waals surface area contributed by atoms with Gasteiger partial charge in [0.1, 0.15) is 5.41 Å². The van der Waals surface area contributed by atoms with Crippen LogP contribution in [0, 0.1) is 5.41 Å². The molecule has 0 radical (unpaired) electrons. The van der Waals surface area contributed by atoms with Crippen LogP contribution >= 0.6 is 23.2 Å². The van der Waals surface area contributed by atoms with Crippen LogP contribution in [0.2, 0.25) is 10.0 Å². The van der Waals surface area contributed by atoms with Gasteiger partial charge in [-0.15, -0.1) is 0 Å². The average Bonchev–Trinajstić information content (AvgIpc) is 2.81. The molecule has 1 saturated carbocycles. The van der Waals surface area contributed by atoms with Crippen LogP contribution in [0.15, 0.2) is 12.1 Å². The van der Waals surface area contributed by atoms with Gasteiger partial charge in [0.25, 0.3) is 0 Å². The molecule has 1 N–H and O–H groups in total. The first-order valence-electron chi connectivity index (χ1n) is 7.19. The maximum Gasteiger partial charge on any atom is 0.316 e. The molecule has 1 heterocycles. The van der Waals surface area contributed by atoms with Gasteiger partial charge in [-0.3, -0.25) is 4.79 Å². The molecule has 1 aromatic carbocycles. The van der Waals surface area contributed by atoms with E-state index in [4.69, 9.17) is 28.2 Å². The van der Waals surface area contributed by atoms with E-state index in [1.807, 2.05) is 13.8 Å². The second-order valence-corrected chi connectivity index (χ2v) is 7.55. The first-order valence-corrected chi connectivity index (χ1v) is 7.95. The fourth-order valence-electron chi connectivity index (χ4n) is 4.35. The Bertz CT molecular complexity index is 850. The van der Waals surface area contributed by atoms with Crippen molar-refractivity contribution in [1.82, 2.24) is 9.97 Å². The number of carboxylic acids is 1. The molecule has 22 heavy (non-hydrogen) atoms. The average molecular weight is 337 g/mol. The number of aliphatic carboxylic acids is 1. The summed E-state index contributed by atoms with van der Waals surface area (Å²) in [7, 11) is 0. The molecule has 0 spiro atoms. The Kier molecular flexibility index (Phi) is 2.66. The van der Waals surface area contributed by atoms with E-state index in [0.717, 1.165) is 12.1 Å². The summed E-state index contributed by atoms with van der Waals surface area (Å²) in [5, 5.41) is 10.8. The number of rotatable bonds is 1. The van der Waals surface area contributed by atoms with Crippen LogP contribution in [0.5, 0.6) is 0 Å². The topological polar surface area (TPSA) is 63.1 Å². The molecule has 2 aliphatic rings. The molecule has 4 rings (SSSR count). The smallest absolute Gasteiger partial charge is 0.316 e. The van der Waals surface area contributed by atoms with E-state index in [0.29, 0.717) is 33.2 Å². The highest BCUT2D eigenvalue weighted by Gasteiger charge is 2.68. The van der Waals surface area contributed by atoms with E-state index in [9.17, 15) is 9.90 Å². The monoisotopic (exact) mass is 336 g/mol. The van der Waals surface area contributed by atoms with Gasteiger partial charge in [0.05, 0.1) is 32.5 Å². The van der Waals surface area contributed by atoms with Gasteiger partial charge in [-0.2, -0.15) is 0 Å². The highest BCUT2D eigenvalue weighted by atomic mass is 35.5. The highest BCUT2D eigenvalue weighted by molar-refractivity contribution is 6.42. The zero-order chi connectivity index (χ0) is 15.9. The minimum absolute atomic E-state index is 0.116. The third kappa shape index (κ3) is 1.43. The maximum absolute atomic E-state index is 12.1. The van der Waals surface area contributed by atoms with Crippen molar-refractivity contribution in [2.24, 2.45) is 5.41 Å². The number of fused-ring (bicyclic) bond motifs is 6. The Labute approximate surface area is 137 Å². The third-order valence-corrected chi connectivity index (χ3v) is 6.33. The van der Waals surface area contributed by atoms with Gasteiger partial charge in [-0.05, 0) is 30.4 Å². The normalized spacial score (nSPS) is 28.1. The summed E-state index contributed by atoms with van der Waals surface area (Å²) in [6.07, 6.45) is 1.43. The van der Waals surface area contributed by atoms with Crippen molar-refractivity contribution in [3.8, 4) is 0 Å². The zero-order valence-electron chi connectivity index (χ0n) is 12.2. The SMILES string of the molecule is CC1(C)[C@@H]2CC[C@]1(C(=O)O)c1nc3cc(Cl)c(Cl)cc3nc12. The van der Waals surface area contributed by atoms with Crippen molar-refractivity contribution in [2.45, 2.75) is 38.0 Å². The van der Waals surface area contributed by atoms with Crippen molar-refractivity contribution >= 4 is 40.2 Å². The Hall–Kier alpha value is -1.39. The van der Waals surface area contributed by atoms with Gasteiger partial charge in [-0.1, -0.05) is 37.0 Å². The van der Waals surface area contributed by atoms with Crippen LogP contribution in [-0.2, 0) is 10.2 Å². The van der Waals surface area contributed by atoms with Crippen LogP contribution in [-0.4, -0.2) is 21.0 Å². The molecule has 0 saturated heterocycles. The van der Waals surface area contributed by atoms with Crippen LogP contribution in [0.4, 0.5) is 0 Å².